The Kier molecular flexibility index (Phi) is 7.94. The molecule has 168 valence electrons. The fraction of sp³-hybridized carbons (Fsp3) is 0.292. The van der Waals surface area contributed by atoms with Crippen LogP contribution in [-0.2, 0) is 11.3 Å². The first-order valence-corrected chi connectivity index (χ1v) is 11.2. The second kappa shape index (κ2) is 10.9. The number of nitrogens with one attached hydrogen (secondary N) is 1. The standard InChI is InChI=1S/C24H28N4O3S/c1-6-14-28-22(17(3)31-20-12-9-11-19(15-20)30-5)26-27-24(28)32-18(4)23(29)25-21-13-8-7-10-16(21)2/h6-13,15,17-18H,1,14H2,2-5H3,(H,25,29). The van der Waals surface area contributed by atoms with Crippen LogP contribution >= 0.6 is 11.8 Å². The van der Waals surface area contributed by atoms with Gasteiger partial charge in [-0.3, -0.25) is 9.36 Å². The van der Waals surface area contributed by atoms with E-state index in [1.165, 1.54) is 11.8 Å². The molecule has 3 aromatic rings. The number of amides is 1. The lowest BCUT2D eigenvalue weighted by atomic mass is 10.2. The number of para-hydroxylation sites is 1. The van der Waals surface area contributed by atoms with Crippen molar-refractivity contribution in [1.82, 2.24) is 14.8 Å². The predicted octanol–water partition coefficient (Wildman–Crippen LogP) is 5.04. The maximum absolute atomic E-state index is 12.7. The van der Waals surface area contributed by atoms with Gasteiger partial charge in [0.25, 0.3) is 0 Å². The van der Waals surface area contributed by atoms with Crippen molar-refractivity contribution in [1.29, 1.82) is 0 Å². The molecule has 0 bridgehead atoms. The number of anilines is 1. The summed E-state index contributed by atoms with van der Waals surface area (Å²) in [6.45, 7) is 10.1. The number of methoxy groups -OCH3 is 1. The number of thioether (sulfide) groups is 1. The monoisotopic (exact) mass is 452 g/mol. The summed E-state index contributed by atoms with van der Waals surface area (Å²) in [4.78, 5) is 12.7. The molecule has 8 heteroatoms. The average Bonchev–Trinajstić information content (AvgIpc) is 3.18. The zero-order valence-corrected chi connectivity index (χ0v) is 19.6. The molecule has 2 atom stereocenters. The molecule has 0 saturated heterocycles. The Hall–Kier alpha value is -3.26. The molecule has 1 heterocycles. The molecular formula is C24H28N4O3S. The highest BCUT2D eigenvalue weighted by Crippen LogP contribution is 2.29. The minimum Gasteiger partial charge on any atom is -0.497 e. The molecule has 1 aromatic heterocycles. The number of benzene rings is 2. The second-order valence-electron chi connectivity index (χ2n) is 7.24. The van der Waals surface area contributed by atoms with Crippen molar-refractivity contribution >= 4 is 23.4 Å². The first-order chi connectivity index (χ1) is 15.4. The lowest BCUT2D eigenvalue weighted by Gasteiger charge is -2.17. The number of hydrogen-bond acceptors (Lipinski definition) is 6. The van der Waals surface area contributed by atoms with E-state index < -0.39 is 0 Å². The van der Waals surface area contributed by atoms with Gasteiger partial charge in [-0.2, -0.15) is 0 Å². The van der Waals surface area contributed by atoms with Crippen molar-refractivity contribution in [3.8, 4) is 11.5 Å². The molecule has 0 fully saturated rings. The Morgan fingerprint density at radius 3 is 2.66 bits per heavy atom. The van der Waals surface area contributed by atoms with Crippen molar-refractivity contribution in [2.75, 3.05) is 12.4 Å². The van der Waals surface area contributed by atoms with Crippen LogP contribution < -0.4 is 14.8 Å². The van der Waals surface area contributed by atoms with Crippen LogP contribution in [-0.4, -0.2) is 33.0 Å². The molecule has 2 aromatic carbocycles. The van der Waals surface area contributed by atoms with E-state index in [4.69, 9.17) is 9.47 Å². The minimum atomic E-state index is -0.371. The highest BCUT2D eigenvalue weighted by atomic mass is 32.2. The normalized spacial score (nSPS) is 12.6. The maximum Gasteiger partial charge on any atom is 0.237 e. The van der Waals surface area contributed by atoms with Crippen LogP contribution in [0.25, 0.3) is 0 Å². The van der Waals surface area contributed by atoms with Crippen molar-refractivity contribution in [3.63, 3.8) is 0 Å². The molecule has 0 radical (unpaired) electrons. The van der Waals surface area contributed by atoms with Crippen LogP contribution in [0.2, 0.25) is 0 Å². The van der Waals surface area contributed by atoms with E-state index >= 15 is 0 Å². The smallest absolute Gasteiger partial charge is 0.237 e. The molecule has 0 spiro atoms. The van der Waals surface area contributed by atoms with E-state index in [1.807, 2.05) is 73.9 Å². The van der Waals surface area contributed by atoms with E-state index in [0.29, 0.717) is 29.0 Å². The van der Waals surface area contributed by atoms with Crippen molar-refractivity contribution in [3.05, 3.63) is 72.6 Å². The highest BCUT2D eigenvalue weighted by Gasteiger charge is 2.23. The first-order valence-electron chi connectivity index (χ1n) is 10.3. The number of ether oxygens (including phenoxy) is 2. The molecule has 7 nitrogen and oxygen atoms in total. The van der Waals surface area contributed by atoms with Crippen LogP contribution in [0.4, 0.5) is 5.69 Å². The van der Waals surface area contributed by atoms with Gasteiger partial charge in [0, 0.05) is 18.3 Å². The van der Waals surface area contributed by atoms with Gasteiger partial charge in [0.1, 0.15) is 11.5 Å². The number of hydrogen-bond donors (Lipinski definition) is 1. The summed E-state index contributed by atoms with van der Waals surface area (Å²) in [7, 11) is 1.61. The van der Waals surface area contributed by atoms with E-state index in [9.17, 15) is 4.79 Å². The van der Waals surface area contributed by atoms with Crippen molar-refractivity contribution in [2.24, 2.45) is 0 Å². The van der Waals surface area contributed by atoms with Gasteiger partial charge < -0.3 is 14.8 Å². The SMILES string of the molecule is C=CCn1c(SC(C)C(=O)Nc2ccccc2C)nnc1C(C)Oc1cccc(OC)c1. The van der Waals surface area contributed by atoms with Gasteiger partial charge in [-0.1, -0.05) is 42.1 Å². The number of aryl methyl sites for hydroxylation is 1. The minimum absolute atomic E-state index is 0.0975. The van der Waals surface area contributed by atoms with Crippen molar-refractivity contribution < 1.29 is 14.3 Å². The quantitative estimate of drug-likeness (QED) is 0.343. The number of nitrogens with zero attached hydrogens (tertiary/aromatic N) is 3. The largest absolute Gasteiger partial charge is 0.497 e. The van der Waals surface area contributed by atoms with Gasteiger partial charge in [0.2, 0.25) is 5.91 Å². The third kappa shape index (κ3) is 5.70. The Bertz CT molecular complexity index is 1080. The van der Waals surface area contributed by atoms with Crippen molar-refractivity contribution in [2.45, 2.75) is 43.8 Å². The summed E-state index contributed by atoms with van der Waals surface area (Å²) in [5, 5.41) is 11.9. The lowest BCUT2D eigenvalue weighted by Crippen LogP contribution is -2.23. The molecule has 0 saturated carbocycles. The van der Waals surface area contributed by atoms with Gasteiger partial charge in [-0.15, -0.1) is 16.8 Å². The molecule has 1 N–H and O–H groups in total. The first kappa shape index (κ1) is 23.4. The number of aromatic nitrogens is 3. The Balaban J connectivity index is 1.74. The fourth-order valence-corrected chi connectivity index (χ4v) is 3.94. The van der Waals surface area contributed by atoms with E-state index in [2.05, 4.69) is 22.1 Å². The summed E-state index contributed by atoms with van der Waals surface area (Å²) in [6.07, 6.45) is 1.41. The predicted molar refractivity (Wildman–Crippen MR) is 127 cm³/mol. The zero-order chi connectivity index (χ0) is 23.1. The number of allylic oxidation sites excluding steroid dienone is 1. The summed E-state index contributed by atoms with van der Waals surface area (Å²) in [5.74, 6) is 1.94. The second-order valence-corrected chi connectivity index (χ2v) is 8.55. The van der Waals surface area contributed by atoms with E-state index in [-0.39, 0.29) is 17.3 Å². The van der Waals surface area contributed by atoms with Crippen LogP contribution in [0.15, 0.2) is 66.3 Å². The van der Waals surface area contributed by atoms with Crippen LogP contribution in [0, 0.1) is 6.92 Å². The fourth-order valence-electron chi connectivity index (χ4n) is 3.08. The topological polar surface area (TPSA) is 78.3 Å². The van der Waals surface area contributed by atoms with Gasteiger partial charge >= 0.3 is 0 Å². The maximum atomic E-state index is 12.7. The Morgan fingerprint density at radius 2 is 1.94 bits per heavy atom. The van der Waals surface area contributed by atoms with Crippen LogP contribution in [0.5, 0.6) is 11.5 Å². The molecule has 0 aliphatic rings. The Morgan fingerprint density at radius 1 is 1.19 bits per heavy atom. The third-order valence-corrected chi connectivity index (χ3v) is 5.91. The molecule has 0 aliphatic carbocycles. The molecular weight excluding hydrogens is 424 g/mol. The number of carbonyl (C=O) groups is 1. The number of carbonyl (C=O) groups excluding carboxylic acids is 1. The van der Waals surface area contributed by atoms with Crippen LogP contribution in [0.1, 0.15) is 31.3 Å². The highest BCUT2D eigenvalue weighted by molar-refractivity contribution is 8.00. The third-order valence-electron chi connectivity index (χ3n) is 4.83. The van der Waals surface area contributed by atoms with Crippen LogP contribution in [0.3, 0.4) is 0 Å². The lowest BCUT2D eigenvalue weighted by molar-refractivity contribution is -0.115. The molecule has 0 aliphatic heterocycles. The van der Waals surface area contributed by atoms with E-state index in [1.54, 1.807) is 13.2 Å². The van der Waals surface area contributed by atoms with Gasteiger partial charge in [0.05, 0.1) is 12.4 Å². The number of rotatable bonds is 10. The van der Waals surface area contributed by atoms with E-state index in [0.717, 1.165) is 11.3 Å². The Labute approximate surface area is 192 Å². The molecule has 32 heavy (non-hydrogen) atoms. The average molecular weight is 453 g/mol. The molecule has 1 amide bonds. The van der Waals surface area contributed by atoms with Gasteiger partial charge in [-0.05, 0) is 44.5 Å². The van der Waals surface area contributed by atoms with Gasteiger partial charge in [0.15, 0.2) is 17.1 Å². The molecule has 2 unspecified atom stereocenters. The summed E-state index contributed by atoms with van der Waals surface area (Å²) < 4.78 is 13.2. The summed E-state index contributed by atoms with van der Waals surface area (Å²) in [6, 6.07) is 15.1. The summed E-state index contributed by atoms with van der Waals surface area (Å²) in [5.41, 5.74) is 1.82. The summed E-state index contributed by atoms with van der Waals surface area (Å²) >= 11 is 1.35. The van der Waals surface area contributed by atoms with Gasteiger partial charge in [-0.25, -0.2) is 0 Å². The molecule has 3 rings (SSSR count). The zero-order valence-electron chi connectivity index (χ0n) is 18.7.